The molecule has 0 saturated heterocycles. The third-order valence-electron chi connectivity index (χ3n) is 2.66. The molecule has 2 aromatic rings. The number of aromatic nitrogens is 2. The maximum absolute atomic E-state index is 10.7. The van der Waals surface area contributed by atoms with Crippen molar-refractivity contribution in [2.45, 2.75) is 13.0 Å². The number of aryl methyl sites for hydroxylation is 1. The van der Waals surface area contributed by atoms with E-state index in [2.05, 4.69) is 10.4 Å². The SMILES string of the molecule is CC(Nc1cccc([N+](=O)[O-])c1)c1cnn(C)c1. The minimum Gasteiger partial charge on any atom is -0.378 e. The van der Waals surface area contributed by atoms with Gasteiger partial charge < -0.3 is 5.32 Å². The van der Waals surface area contributed by atoms with Crippen molar-refractivity contribution in [3.05, 3.63) is 52.3 Å². The van der Waals surface area contributed by atoms with Crippen LogP contribution in [0.4, 0.5) is 11.4 Å². The molecule has 0 spiro atoms. The van der Waals surface area contributed by atoms with E-state index in [0.29, 0.717) is 0 Å². The molecule has 0 fully saturated rings. The Bertz CT molecular complexity index is 565. The van der Waals surface area contributed by atoms with E-state index in [1.165, 1.54) is 12.1 Å². The summed E-state index contributed by atoms with van der Waals surface area (Å²) in [6.45, 7) is 1.98. The monoisotopic (exact) mass is 246 g/mol. The number of benzene rings is 1. The molecule has 6 heteroatoms. The summed E-state index contributed by atoms with van der Waals surface area (Å²) in [5, 5.41) is 18.0. The van der Waals surface area contributed by atoms with Crippen LogP contribution in [-0.2, 0) is 7.05 Å². The fourth-order valence-electron chi connectivity index (χ4n) is 1.71. The van der Waals surface area contributed by atoms with Gasteiger partial charge in [-0.2, -0.15) is 5.10 Å². The van der Waals surface area contributed by atoms with E-state index in [1.54, 1.807) is 23.0 Å². The van der Waals surface area contributed by atoms with Gasteiger partial charge in [0.1, 0.15) is 0 Å². The molecule has 18 heavy (non-hydrogen) atoms. The van der Waals surface area contributed by atoms with Gasteiger partial charge in [0.15, 0.2) is 0 Å². The highest BCUT2D eigenvalue weighted by Gasteiger charge is 2.10. The van der Waals surface area contributed by atoms with Gasteiger partial charge in [0.25, 0.3) is 5.69 Å². The molecule has 1 unspecified atom stereocenters. The van der Waals surface area contributed by atoms with Crippen LogP contribution in [0.1, 0.15) is 18.5 Å². The van der Waals surface area contributed by atoms with Crippen molar-refractivity contribution in [3.63, 3.8) is 0 Å². The van der Waals surface area contributed by atoms with Gasteiger partial charge in [0.05, 0.1) is 17.2 Å². The molecule has 0 saturated carbocycles. The third-order valence-corrected chi connectivity index (χ3v) is 2.66. The summed E-state index contributed by atoms with van der Waals surface area (Å²) >= 11 is 0. The van der Waals surface area contributed by atoms with Crippen molar-refractivity contribution >= 4 is 11.4 Å². The average Bonchev–Trinajstić information content (AvgIpc) is 2.76. The molecule has 1 heterocycles. The Kier molecular flexibility index (Phi) is 3.27. The fourth-order valence-corrected chi connectivity index (χ4v) is 1.71. The Labute approximate surface area is 104 Å². The lowest BCUT2D eigenvalue weighted by molar-refractivity contribution is -0.384. The molecule has 2 rings (SSSR count). The normalized spacial score (nSPS) is 12.1. The lowest BCUT2D eigenvalue weighted by Crippen LogP contribution is -2.06. The zero-order valence-corrected chi connectivity index (χ0v) is 10.2. The van der Waals surface area contributed by atoms with Crippen LogP contribution in [0, 0.1) is 10.1 Å². The smallest absolute Gasteiger partial charge is 0.271 e. The minimum atomic E-state index is -0.403. The molecule has 0 aliphatic rings. The molecule has 0 bridgehead atoms. The molecule has 6 nitrogen and oxygen atoms in total. The van der Waals surface area contributed by atoms with Crippen LogP contribution in [0.5, 0.6) is 0 Å². The summed E-state index contributed by atoms with van der Waals surface area (Å²) in [5.74, 6) is 0. The maximum atomic E-state index is 10.7. The molecule has 0 amide bonds. The summed E-state index contributed by atoms with van der Waals surface area (Å²) in [6, 6.07) is 6.50. The molecule has 0 radical (unpaired) electrons. The van der Waals surface area contributed by atoms with Gasteiger partial charge in [0.2, 0.25) is 0 Å². The second kappa shape index (κ2) is 4.87. The van der Waals surface area contributed by atoms with Gasteiger partial charge in [-0.1, -0.05) is 6.07 Å². The summed E-state index contributed by atoms with van der Waals surface area (Å²) in [7, 11) is 1.85. The van der Waals surface area contributed by atoms with Gasteiger partial charge in [-0.15, -0.1) is 0 Å². The van der Waals surface area contributed by atoms with Crippen LogP contribution in [0.25, 0.3) is 0 Å². The van der Waals surface area contributed by atoms with E-state index in [9.17, 15) is 10.1 Å². The second-order valence-corrected chi connectivity index (χ2v) is 4.12. The van der Waals surface area contributed by atoms with Gasteiger partial charge in [-0.25, -0.2) is 0 Å². The van der Waals surface area contributed by atoms with Crippen LogP contribution in [0.2, 0.25) is 0 Å². The van der Waals surface area contributed by atoms with Crippen LogP contribution >= 0.6 is 0 Å². The number of nitrogens with one attached hydrogen (secondary N) is 1. The highest BCUT2D eigenvalue weighted by molar-refractivity contribution is 5.52. The van der Waals surface area contributed by atoms with Gasteiger partial charge in [0, 0.05) is 36.6 Å². The molecule has 94 valence electrons. The number of nitro groups is 1. The molecule has 1 atom stereocenters. The number of rotatable bonds is 4. The van der Waals surface area contributed by atoms with Crippen molar-refractivity contribution in [2.24, 2.45) is 7.05 Å². The topological polar surface area (TPSA) is 73.0 Å². The number of hydrogen-bond acceptors (Lipinski definition) is 4. The van der Waals surface area contributed by atoms with Crippen molar-refractivity contribution in [1.29, 1.82) is 0 Å². The van der Waals surface area contributed by atoms with E-state index >= 15 is 0 Å². The fraction of sp³-hybridized carbons (Fsp3) is 0.250. The first kappa shape index (κ1) is 12.1. The third kappa shape index (κ3) is 2.65. The lowest BCUT2D eigenvalue weighted by Gasteiger charge is -2.13. The minimum absolute atomic E-state index is 0.0423. The molecule has 1 N–H and O–H groups in total. The Hall–Kier alpha value is -2.37. The molecule has 1 aromatic carbocycles. The van der Waals surface area contributed by atoms with E-state index in [4.69, 9.17) is 0 Å². The van der Waals surface area contributed by atoms with Crippen molar-refractivity contribution in [3.8, 4) is 0 Å². The molecule has 0 aliphatic heterocycles. The zero-order valence-electron chi connectivity index (χ0n) is 10.2. The maximum Gasteiger partial charge on any atom is 0.271 e. The first-order valence-corrected chi connectivity index (χ1v) is 5.56. The van der Waals surface area contributed by atoms with Crippen molar-refractivity contribution in [1.82, 2.24) is 9.78 Å². The summed E-state index contributed by atoms with van der Waals surface area (Å²) in [6.07, 6.45) is 3.68. The summed E-state index contributed by atoms with van der Waals surface area (Å²) in [4.78, 5) is 10.3. The van der Waals surface area contributed by atoms with E-state index in [0.717, 1.165) is 11.3 Å². The predicted molar refractivity (Wildman–Crippen MR) is 68.3 cm³/mol. The Morgan fingerprint density at radius 3 is 2.89 bits per heavy atom. The van der Waals surface area contributed by atoms with Gasteiger partial charge in [-0.05, 0) is 13.0 Å². The van der Waals surface area contributed by atoms with E-state index in [1.807, 2.05) is 20.2 Å². The number of non-ortho nitro benzene ring substituents is 1. The number of nitrogens with zero attached hydrogens (tertiary/aromatic N) is 3. The first-order chi connectivity index (χ1) is 8.56. The quantitative estimate of drug-likeness (QED) is 0.664. The Morgan fingerprint density at radius 1 is 1.50 bits per heavy atom. The predicted octanol–water partition coefficient (Wildman–Crippen LogP) is 2.50. The first-order valence-electron chi connectivity index (χ1n) is 5.56. The zero-order chi connectivity index (χ0) is 13.1. The second-order valence-electron chi connectivity index (χ2n) is 4.12. The largest absolute Gasteiger partial charge is 0.378 e. The van der Waals surface area contributed by atoms with Crippen LogP contribution in [-0.4, -0.2) is 14.7 Å². The van der Waals surface area contributed by atoms with Gasteiger partial charge >= 0.3 is 0 Å². The molecule has 1 aromatic heterocycles. The molecular formula is C12H14N4O2. The molecule has 0 aliphatic carbocycles. The van der Waals surface area contributed by atoms with Crippen LogP contribution in [0.15, 0.2) is 36.7 Å². The van der Waals surface area contributed by atoms with Crippen LogP contribution in [0.3, 0.4) is 0 Å². The average molecular weight is 246 g/mol. The highest BCUT2D eigenvalue weighted by atomic mass is 16.6. The van der Waals surface area contributed by atoms with E-state index in [-0.39, 0.29) is 11.7 Å². The van der Waals surface area contributed by atoms with Crippen LogP contribution < -0.4 is 5.32 Å². The van der Waals surface area contributed by atoms with Crippen molar-refractivity contribution in [2.75, 3.05) is 5.32 Å². The van der Waals surface area contributed by atoms with E-state index < -0.39 is 4.92 Å². The summed E-state index contributed by atoms with van der Waals surface area (Å²) in [5.41, 5.74) is 1.84. The number of anilines is 1. The standard InChI is InChI=1S/C12H14N4O2/c1-9(10-7-13-15(2)8-10)14-11-4-3-5-12(6-11)16(17)18/h3-9,14H,1-2H3. The Morgan fingerprint density at radius 2 is 2.28 bits per heavy atom. The van der Waals surface area contributed by atoms with Crippen molar-refractivity contribution < 1.29 is 4.92 Å². The van der Waals surface area contributed by atoms with Gasteiger partial charge in [-0.3, -0.25) is 14.8 Å². The highest BCUT2D eigenvalue weighted by Crippen LogP contribution is 2.22. The Balaban J connectivity index is 2.14. The molecular weight excluding hydrogens is 232 g/mol. The summed E-state index contributed by atoms with van der Waals surface area (Å²) < 4.78 is 1.72. The lowest BCUT2D eigenvalue weighted by atomic mass is 10.2. The number of nitro benzene ring substituents is 1. The number of hydrogen-bond donors (Lipinski definition) is 1.